The topological polar surface area (TPSA) is 156 Å². The van der Waals surface area contributed by atoms with Crippen molar-refractivity contribution in [3.05, 3.63) is 77.5 Å². The number of aryl methyl sites for hydroxylation is 1. The summed E-state index contributed by atoms with van der Waals surface area (Å²) >= 11 is 0. The van der Waals surface area contributed by atoms with Crippen LogP contribution in [0.15, 0.2) is 54.9 Å². The Bertz CT molecular complexity index is 2380. The fourth-order valence-electron chi connectivity index (χ4n) is 8.46. The maximum Gasteiger partial charge on any atom is 0.280 e. The maximum absolute atomic E-state index is 13.5. The van der Waals surface area contributed by atoms with Gasteiger partial charge in [0.25, 0.3) is 12.3 Å². The van der Waals surface area contributed by atoms with Crippen LogP contribution in [0.4, 0.5) is 20.3 Å². The second-order valence-electron chi connectivity index (χ2n) is 15.9. The smallest absolute Gasteiger partial charge is 0.280 e. The average molecular weight is 796 g/mol. The number of pyridine rings is 2. The van der Waals surface area contributed by atoms with Crippen LogP contribution >= 0.6 is 0 Å². The third-order valence-corrected chi connectivity index (χ3v) is 11.6. The van der Waals surface area contributed by atoms with Gasteiger partial charge in [0, 0.05) is 81.5 Å². The zero-order valence-corrected chi connectivity index (χ0v) is 32.8. The third-order valence-electron chi connectivity index (χ3n) is 11.6. The Morgan fingerprint density at radius 2 is 1.74 bits per heavy atom. The first-order valence-corrected chi connectivity index (χ1v) is 20.0. The van der Waals surface area contributed by atoms with Gasteiger partial charge in [-0.3, -0.25) is 29.2 Å². The summed E-state index contributed by atoms with van der Waals surface area (Å²) in [5.74, 6) is -0.562. The molecule has 4 amide bonds. The summed E-state index contributed by atoms with van der Waals surface area (Å²) in [5, 5.41) is 10.7. The number of hydrogen-bond donors (Lipinski definition) is 2. The van der Waals surface area contributed by atoms with Gasteiger partial charge < -0.3 is 24.3 Å². The van der Waals surface area contributed by atoms with Gasteiger partial charge in [-0.25, -0.2) is 18.7 Å². The number of rotatable bonds is 10. The monoisotopic (exact) mass is 795 g/mol. The number of likely N-dealkylation sites (tertiary alicyclic amines) is 1. The SMILES string of the molecule is CC(C)Oc1cc2nc(C3CCN(C(=O)CC4CCN(c5ccc6c([C@@H]7CCC(=O)NC7=O)nn(C)c6c5)CC4)CC3)cn2cc1C(=O)Nc1cccc(C(F)F)n1. The molecule has 14 nitrogen and oxygen atoms in total. The van der Waals surface area contributed by atoms with Crippen LogP contribution in [0.3, 0.4) is 0 Å². The third kappa shape index (κ3) is 8.09. The van der Waals surface area contributed by atoms with Crippen LogP contribution in [-0.2, 0) is 21.4 Å². The summed E-state index contributed by atoms with van der Waals surface area (Å²) in [6.45, 7) is 6.66. The molecule has 3 aliphatic rings. The van der Waals surface area contributed by atoms with Crippen LogP contribution < -0.4 is 20.3 Å². The van der Waals surface area contributed by atoms with Crippen molar-refractivity contribution in [2.24, 2.45) is 13.0 Å². The highest BCUT2D eigenvalue weighted by molar-refractivity contribution is 6.06. The van der Waals surface area contributed by atoms with Crippen molar-refractivity contribution in [2.75, 3.05) is 36.4 Å². The molecule has 5 aromatic rings. The van der Waals surface area contributed by atoms with Crippen LogP contribution in [-0.4, -0.2) is 85.0 Å². The first-order valence-electron chi connectivity index (χ1n) is 20.0. The molecule has 304 valence electrons. The number of amides is 4. The summed E-state index contributed by atoms with van der Waals surface area (Å²) in [6.07, 6.45) is 5.19. The fraction of sp³-hybridized carbons (Fsp3) is 0.452. The Hall–Kier alpha value is -5.93. The summed E-state index contributed by atoms with van der Waals surface area (Å²) in [5.41, 5.74) is 4.00. The summed E-state index contributed by atoms with van der Waals surface area (Å²) in [7, 11) is 1.88. The van der Waals surface area contributed by atoms with Crippen molar-refractivity contribution < 1.29 is 32.7 Å². The Morgan fingerprint density at radius 3 is 2.47 bits per heavy atom. The molecule has 3 fully saturated rings. The van der Waals surface area contributed by atoms with Gasteiger partial charge in [0.15, 0.2) is 0 Å². The number of halogens is 2. The lowest BCUT2D eigenvalue weighted by atomic mass is 9.90. The molecule has 0 saturated carbocycles. The zero-order valence-electron chi connectivity index (χ0n) is 32.8. The molecule has 0 bridgehead atoms. The number of piperidine rings is 3. The number of alkyl halides is 2. The van der Waals surface area contributed by atoms with Crippen molar-refractivity contribution in [1.82, 2.24) is 34.4 Å². The van der Waals surface area contributed by atoms with Gasteiger partial charge in [0.1, 0.15) is 22.9 Å². The molecule has 0 aliphatic carbocycles. The highest BCUT2D eigenvalue weighted by atomic mass is 19.3. The summed E-state index contributed by atoms with van der Waals surface area (Å²) in [6, 6.07) is 12.0. The molecule has 0 unspecified atom stereocenters. The van der Waals surface area contributed by atoms with E-state index >= 15 is 0 Å². The molecular formula is C42H47F2N9O5. The molecule has 7 heterocycles. The van der Waals surface area contributed by atoms with E-state index in [4.69, 9.17) is 9.72 Å². The van der Waals surface area contributed by atoms with E-state index in [2.05, 4.69) is 37.7 Å². The summed E-state index contributed by atoms with van der Waals surface area (Å²) < 4.78 is 36.0. The van der Waals surface area contributed by atoms with E-state index < -0.39 is 23.9 Å². The van der Waals surface area contributed by atoms with Gasteiger partial charge in [0.2, 0.25) is 17.7 Å². The largest absolute Gasteiger partial charge is 0.490 e. The van der Waals surface area contributed by atoms with Gasteiger partial charge >= 0.3 is 0 Å². The van der Waals surface area contributed by atoms with E-state index in [0.717, 1.165) is 61.1 Å². The van der Waals surface area contributed by atoms with Gasteiger partial charge in [-0.15, -0.1) is 0 Å². The lowest BCUT2D eigenvalue weighted by molar-refractivity contribution is -0.135. The van der Waals surface area contributed by atoms with Crippen LogP contribution in [0.1, 0.15) is 104 Å². The van der Waals surface area contributed by atoms with Crippen molar-refractivity contribution in [1.29, 1.82) is 0 Å². The molecule has 1 atom stereocenters. The number of aromatic nitrogens is 5. The van der Waals surface area contributed by atoms with E-state index in [1.807, 2.05) is 38.1 Å². The molecule has 8 rings (SSSR count). The molecule has 3 saturated heterocycles. The highest BCUT2D eigenvalue weighted by Gasteiger charge is 2.33. The molecule has 16 heteroatoms. The second kappa shape index (κ2) is 16.1. The number of anilines is 2. The van der Waals surface area contributed by atoms with E-state index in [1.54, 1.807) is 21.3 Å². The number of carbonyl (C=O) groups excluding carboxylic acids is 4. The standard InChI is InChI=1S/C42H47F2N9O5/c1-24(2)58-34-21-36-46-32(23-53(36)22-30(34)42(57)47-35-6-4-5-31(45-35)40(43)44)26-13-17-52(18-14-26)38(55)19-25-11-15-51(16-12-25)27-7-8-28-33(20-27)50(3)49-39(28)29-9-10-37(54)48-41(29)56/h4-8,20-26,29,40H,9-19H2,1-3H3,(H,45,47,57)(H,48,54,56)/t29-/m0/s1. The second-order valence-corrected chi connectivity index (χ2v) is 15.9. The Morgan fingerprint density at radius 1 is 0.966 bits per heavy atom. The number of imide groups is 1. The number of nitrogens with zero attached hydrogens (tertiary/aromatic N) is 7. The van der Waals surface area contributed by atoms with Crippen molar-refractivity contribution in [3.8, 4) is 5.75 Å². The van der Waals surface area contributed by atoms with Crippen LogP contribution in [0, 0.1) is 5.92 Å². The molecule has 0 radical (unpaired) electrons. The first kappa shape index (κ1) is 38.9. The fourth-order valence-corrected chi connectivity index (χ4v) is 8.46. The maximum atomic E-state index is 13.5. The molecule has 2 N–H and O–H groups in total. The number of fused-ring (bicyclic) bond motifs is 2. The Kier molecular flexibility index (Phi) is 10.8. The molecule has 1 aromatic carbocycles. The number of imidazole rings is 1. The predicted octanol–water partition coefficient (Wildman–Crippen LogP) is 6.13. The number of ether oxygens (including phenoxy) is 1. The van der Waals surface area contributed by atoms with E-state index in [-0.39, 0.29) is 41.1 Å². The van der Waals surface area contributed by atoms with Crippen LogP contribution in [0.5, 0.6) is 5.75 Å². The molecule has 3 aliphatic heterocycles. The minimum atomic E-state index is -2.76. The van der Waals surface area contributed by atoms with Gasteiger partial charge in [0.05, 0.1) is 34.5 Å². The highest BCUT2D eigenvalue weighted by Crippen LogP contribution is 2.35. The lowest BCUT2D eigenvalue weighted by Gasteiger charge is -2.36. The van der Waals surface area contributed by atoms with Crippen molar-refractivity contribution >= 4 is 51.7 Å². The van der Waals surface area contributed by atoms with E-state index in [0.29, 0.717) is 55.4 Å². The predicted molar refractivity (Wildman–Crippen MR) is 212 cm³/mol. The molecule has 4 aromatic heterocycles. The van der Waals surface area contributed by atoms with Crippen LogP contribution in [0.25, 0.3) is 16.6 Å². The van der Waals surface area contributed by atoms with Gasteiger partial charge in [-0.05, 0) is 82.2 Å². The van der Waals surface area contributed by atoms with E-state index in [1.165, 1.54) is 18.2 Å². The number of carbonyl (C=O) groups is 4. The molecule has 0 spiro atoms. The Labute approximate surface area is 333 Å². The molecule has 58 heavy (non-hydrogen) atoms. The summed E-state index contributed by atoms with van der Waals surface area (Å²) in [4.78, 5) is 64.2. The normalized spacial score (nSPS) is 18.4. The minimum Gasteiger partial charge on any atom is -0.490 e. The van der Waals surface area contributed by atoms with E-state index in [9.17, 15) is 28.0 Å². The van der Waals surface area contributed by atoms with Crippen molar-refractivity contribution in [3.63, 3.8) is 0 Å². The van der Waals surface area contributed by atoms with Crippen LogP contribution in [0.2, 0.25) is 0 Å². The minimum absolute atomic E-state index is 0.0139. The Balaban J connectivity index is 0.857. The van der Waals surface area contributed by atoms with Gasteiger partial charge in [-0.2, -0.15) is 5.10 Å². The number of nitrogens with one attached hydrogen (secondary N) is 2. The lowest BCUT2D eigenvalue weighted by Crippen LogP contribution is -2.40. The average Bonchev–Trinajstić information content (AvgIpc) is 3.77. The zero-order chi connectivity index (χ0) is 40.7. The number of hydrogen-bond acceptors (Lipinski definition) is 9. The number of benzene rings is 1. The molecular weight excluding hydrogens is 749 g/mol. The van der Waals surface area contributed by atoms with Gasteiger partial charge in [-0.1, -0.05) is 6.07 Å². The quantitative estimate of drug-likeness (QED) is 0.159. The van der Waals surface area contributed by atoms with Crippen molar-refractivity contribution in [2.45, 2.75) is 83.2 Å². The first-order chi connectivity index (χ1) is 27.9.